The third-order valence-electron chi connectivity index (χ3n) is 3.45. The second-order valence-corrected chi connectivity index (χ2v) is 5.21. The highest BCUT2D eigenvalue weighted by Crippen LogP contribution is 2.38. The third kappa shape index (κ3) is 8.31. The Morgan fingerprint density at radius 2 is 1.65 bits per heavy atom. The maximum Gasteiger partial charge on any atom is 0.203 e. The van der Waals surface area contributed by atoms with Crippen LogP contribution in [0.3, 0.4) is 0 Å². The number of halogens is 1. The molecule has 0 fully saturated rings. The zero-order valence-electron chi connectivity index (χ0n) is 16.4. The number of guanidine groups is 1. The van der Waals surface area contributed by atoms with Crippen LogP contribution in [0.1, 0.15) is 25.8 Å². The molecule has 0 amide bonds. The van der Waals surface area contributed by atoms with Crippen LogP contribution < -0.4 is 24.8 Å². The van der Waals surface area contributed by atoms with Crippen molar-refractivity contribution in [2.75, 3.05) is 47.6 Å². The van der Waals surface area contributed by atoms with Gasteiger partial charge >= 0.3 is 0 Å². The van der Waals surface area contributed by atoms with E-state index in [0.29, 0.717) is 23.8 Å². The van der Waals surface area contributed by atoms with Crippen molar-refractivity contribution < 1.29 is 18.9 Å². The number of benzene rings is 1. The van der Waals surface area contributed by atoms with Crippen molar-refractivity contribution in [3.05, 3.63) is 17.7 Å². The molecule has 150 valence electrons. The second kappa shape index (κ2) is 14.7. The Hall–Kier alpha value is -1.42. The smallest absolute Gasteiger partial charge is 0.203 e. The summed E-state index contributed by atoms with van der Waals surface area (Å²) in [5.74, 6) is 2.61. The van der Waals surface area contributed by atoms with E-state index in [1.54, 1.807) is 21.3 Å². The van der Waals surface area contributed by atoms with E-state index in [1.165, 1.54) is 0 Å². The summed E-state index contributed by atoms with van der Waals surface area (Å²) in [6, 6.07) is 3.81. The summed E-state index contributed by atoms with van der Waals surface area (Å²) in [7, 11) is 4.80. The predicted molar refractivity (Wildman–Crippen MR) is 115 cm³/mol. The van der Waals surface area contributed by atoms with Gasteiger partial charge in [0.15, 0.2) is 17.5 Å². The van der Waals surface area contributed by atoms with Gasteiger partial charge in [-0.15, -0.1) is 24.0 Å². The molecule has 1 aromatic carbocycles. The van der Waals surface area contributed by atoms with Crippen LogP contribution in [0.25, 0.3) is 0 Å². The molecule has 1 rings (SSSR count). The molecule has 0 aliphatic rings. The van der Waals surface area contributed by atoms with Crippen LogP contribution in [-0.2, 0) is 11.3 Å². The highest BCUT2D eigenvalue weighted by Gasteiger charge is 2.13. The summed E-state index contributed by atoms with van der Waals surface area (Å²) in [5, 5.41) is 6.54. The number of hydrogen-bond donors (Lipinski definition) is 2. The van der Waals surface area contributed by atoms with Crippen LogP contribution in [0.15, 0.2) is 17.1 Å². The normalized spacial score (nSPS) is 10.7. The summed E-state index contributed by atoms with van der Waals surface area (Å²) in [6.07, 6.45) is 0.933. The largest absolute Gasteiger partial charge is 0.493 e. The molecule has 0 spiro atoms. The van der Waals surface area contributed by atoms with Gasteiger partial charge in [-0.05, 0) is 38.0 Å². The first-order chi connectivity index (χ1) is 12.2. The topological polar surface area (TPSA) is 73.3 Å². The molecule has 0 aliphatic carbocycles. The minimum atomic E-state index is 0. The van der Waals surface area contributed by atoms with Gasteiger partial charge < -0.3 is 29.6 Å². The lowest BCUT2D eigenvalue weighted by Crippen LogP contribution is -2.38. The van der Waals surface area contributed by atoms with Crippen molar-refractivity contribution >= 4 is 29.9 Å². The van der Waals surface area contributed by atoms with Gasteiger partial charge in [0.1, 0.15) is 0 Å². The van der Waals surface area contributed by atoms with Crippen molar-refractivity contribution in [3.63, 3.8) is 0 Å². The van der Waals surface area contributed by atoms with Gasteiger partial charge in [0.25, 0.3) is 0 Å². The highest BCUT2D eigenvalue weighted by atomic mass is 127. The first-order valence-corrected chi connectivity index (χ1v) is 8.58. The molecular formula is C18H32IN3O4. The van der Waals surface area contributed by atoms with Gasteiger partial charge in [-0.1, -0.05) is 0 Å². The molecule has 2 N–H and O–H groups in total. The Morgan fingerprint density at radius 3 is 2.15 bits per heavy atom. The van der Waals surface area contributed by atoms with Crippen LogP contribution in [0.2, 0.25) is 0 Å². The van der Waals surface area contributed by atoms with Gasteiger partial charge in [-0.25, -0.2) is 4.99 Å². The fraction of sp³-hybridized carbons (Fsp3) is 0.611. The van der Waals surface area contributed by atoms with Crippen LogP contribution in [0.4, 0.5) is 0 Å². The number of nitrogens with one attached hydrogen (secondary N) is 2. The lowest BCUT2D eigenvalue weighted by molar-refractivity contribution is 0.145. The van der Waals surface area contributed by atoms with Gasteiger partial charge in [0.05, 0.1) is 27.9 Å². The third-order valence-corrected chi connectivity index (χ3v) is 3.45. The van der Waals surface area contributed by atoms with E-state index in [4.69, 9.17) is 18.9 Å². The van der Waals surface area contributed by atoms with Crippen molar-refractivity contribution in [3.8, 4) is 17.2 Å². The summed E-state index contributed by atoms with van der Waals surface area (Å²) in [5.41, 5.74) is 0.973. The van der Waals surface area contributed by atoms with E-state index in [9.17, 15) is 0 Å². The molecule has 0 aromatic heterocycles. The minimum Gasteiger partial charge on any atom is -0.493 e. The van der Waals surface area contributed by atoms with E-state index in [-0.39, 0.29) is 24.0 Å². The number of aliphatic imine (C=N–C) groups is 1. The zero-order chi connectivity index (χ0) is 18.5. The number of nitrogens with zero attached hydrogens (tertiary/aromatic N) is 1. The summed E-state index contributed by atoms with van der Waals surface area (Å²) in [4.78, 5) is 4.61. The summed E-state index contributed by atoms with van der Waals surface area (Å²) in [6.45, 7) is 7.63. The van der Waals surface area contributed by atoms with E-state index in [0.717, 1.165) is 44.2 Å². The van der Waals surface area contributed by atoms with Gasteiger partial charge in [0, 0.05) is 26.3 Å². The van der Waals surface area contributed by atoms with Gasteiger partial charge in [-0.2, -0.15) is 0 Å². The fourth-order valence-electron chi connectivity index (χ4n) is 2.26. The molecule has 0 heterocycles. The molecule has 1 aromatic rings. The Bertz CT molecular complexity index is 516. The summed E-state index contributed by atoms with van der Waals surface area (Å²) < 4.78 is 21.4. The average molecular weight is 481 g/mol. The Morgan fingerprint density at radius 1 is 1.00 bits per heavy atom. The molecule has 0 saturated heterocycles. The van der Waals surface area contributed by atoms with E-state index in [1.807, 2.05) is 26.0 Å². The molecule has 0 aliphatic heterocycles. The fourth-order valence-corrected chi connectivity index (χ4v) is 2.26. The quantitative estimate of drug-likeness (QED) is 0.219. The average Bonchev–Trinajstić information content (AvgIpc) is 2.64. The number of rotatable bonds is 11. The molecule has 0 atom stereocenters. The number of ether oxygens (including phenoxy) is 4. The van der Waals surface area contributed by atoms with Crippen molar-refractivity contribution in [2.24, 2.45) is 4.99 Å². The SMILES string of the molecule is CCNC(=NCc1cc(OC)c(OC)c(OC)c1)NCCCOCC.I. The number of hydrogen-bond acceptors (Lipinski definition) is 5. The molecule has 8 heteroatoms. The van der Waals surface area contributed by atoms with Crippen molar-refractivity contribution in [2.45, 2.75) is 26.8 Å². The summed E-state index contributed by atoms with van der Waals surface area (Å²) >= 11 is 0. The first-order valence-electron chi connectivity index (χ1n) is 8.58. The van der Waals surface area contributed by atoms with Crippen LogP contribution in [0.5, 0.6) is 17.2 Å². The van der Waals surface area contributed by atoms with E-state index in [2.05, 4.69) is 15.6 Å². The Kier molecular flexibility index (Phi) is 13.9. The maximum atomic E-state index is 5.38. The van der Waals surface area contributed by atoms with E-state index >= 15 is 0 Å². The lowest BCUT2D eigenvalue weighted by Gasteiger charge is -2.14. The second-order valence-electron chi connectivity index (χ2n) is 5.21. The first kappa shape index (κ1) is 24.6. The predicted octanol–water partition coefficient (Wildman–Crippen LogP) is 2.81. The van der Waals surface area contributed by atoms with Crippen LogP contribution >= 0.6 is 24.0 Å². The van der Waals surface area contributed by atoms with E-state index < -0.39 is 0 Å². The van der Waals surface area contributed by atoms with Crippen molar-refractivity contribution in [1.29, 1.82) is 0 Å². The molecule has 0 unspecified atom stereocenters. The van der Waals surface area contributed by atoms with Crippen LogP contribution in [-0.4, -0.2) is 53.6 Å². The van der Waals surface area contributed by atoms with Crippen LogP contribution in [0, 0.1) is 0 Å². The Balaban J connectivity index is 0.00000625. The van der Waals surface area contributed by atoms with Crippen molar-refractivity contribution in [1.82, 2.24) is 10.6 Å². The Labute approximate surface area is 173 Å². The lowest BCUT2D eigenvalue weighted by atomic mass is 10.2. The van der Waals surface area contributed by atoms with Gasteiger partial charge in [-0.3, -0.25) is 0 Å². The zero-order valence-corrected chi connectivity index (χ0v) is 18.7. The number of methoxy groups -OCH3 is 3. The molecule has 0 saturated carbocycles. The molecule has 26 heavy (non-hydrogen) atoms. The molecule has 7 nitrogen and oxygen atoms in total. The maximum absolute atomic E-state index is 5.38. The molecule has 0 bridgehead atoms. The minimum absolute atomic E-state index is 0. The highest BCUT2D eigenvalue weighted by molar-refractivity contribution is 14.0. The van der Waals surface area contributed by atoms with Gasteiger partial charge in [0.2, 0.25) is 5.75 Å². The monoisotopic (exact) mass is 481 g/mol. The molecule has 0 radical (unpaired) electrons. The standard InChI is InChI=1S/C18H31N3O4.HI/c1-6-19-18(20-9-8-10-25-7-2)21-13-14-11-15(22-3)17(24-5)16(12-14)23-4;/h11-12H,6-10,13H2,1-5H3,(H2,19,20,21);1H. The molecular weight excluding hydrogens is 449 g/mol.